The molecule has 0 aromatic carbocycles. The number of aliphatic hydroxyl groups excluding tert-OH is 39. The highest BCUT2D eigenvalue weighted by molar-refractivity contribution is 5.73. The lowest BCUT2D eigenvalue weighted by Gasteiger charge is -2.51. The Morgan fingerprint density at radius 3 is 0.707 bits per heavy atom. The molecule has 0 bridgehead atoms. The SMILES string of the molecule is CC(=O)N[C@@H]1[C@@H](O)[C@H](O[C@@H]2O[C@H](CO)[C@@H](O[C@@H]3O[C@H](CO[C@H]4O[C@H](CO[C@H]5O[C@H](CO)[C@@H](O)[C@H](O)[C@@H]5O[C@H]5O[C@H](CO)[C@@H](O)[C@H](O)[C@@H]5O)[C@@H](O)[C@H](O[C@H]5O[C@H](CO)[C@@H](O)[C@H](O)[C@@H]5O)[C@@H]4O)[C@@H](O)[C@H](O[C@H]4O[C@H](CO[C@H]5O[C@H](CO[C@H]6O[C@H](CO)[C@@H](O)[C@H](O)[C@@H]6O[C@H]6O[C@H](CO)[C@@H](O)[C@H](O)[C@@H]6O)[C@@H](O)[C@H](O)[C@@H]5O)[C@@H](O)[C@H](O)[C@@H]4O[C@H]4O[C@H](CO)[C@@H](O)[C@H](O)[C@@H]4O[C@H]4O[C@H](CO)[C@@H](O)[C@H](O)[C@@H]4O)[C@@H]3O)[C@H](O)[C@H]2NC(C)=O)[C@@H](CO)O[C@H]1O. The van der Waals surface area contributed by atoms with Gasteiger partial charge in [-0.25, -0.2) is 0 Å². The van der Waals surface area contributed by atoms with Crippen LogP contribution >= 0.6 is 0 Å². The van der Waals surface area contributed by atoms with E-state index in [4.69, 9.17) is 118 Å². The van der Waals surface area contributed by atoms with Crippen molar-refractivity contribution in [2.24, 2.45) is 0 Å². The van der Waals surface area contributed by atoms with Crippen molar-refractivity contribution in [1.82, 2.24) is 10.6 Å². The normalized spacial score (nSPS) is 52.1. The number of nitrogens with one attached hydrogen (secondary N) is 2. The van der Waals surface area contributed by atoms with E-state index in [0.29, 0.717) is 0 Å². The quantitative estimate of drug-likeness (QED) is 0.0272. The minimum Gasteiger partial charge on any atom is -0.394 e. The van der Waals surface area contributed by atoms with E-state index in [1.165, 1.54) is 0 Å². The summed E-state index contributed by atoms with van der Waals surface area (Å²) >= 11 is 0. The molecule has 0 spiro atoms. The van der Waals surface area contributed by atoms with Gasteiger partial charge in [-0.3, -0.25) is 9.59 Å². The van der Waals surface area contributed by atoms with Gasteiger partial charge in [0.05, 0.1) is 85.9 Å². The van der Waals surface area contributed by atoms with Crippen LogP contribution in [0, 0.1) is 0 Å². The molecule has 0 saturated carbocycles. The summed E-state index contributed by atoms with van der Waals surface area (Å²) in [6.07, 6.45) is -142. The molecular formula is C82H138N2O66. The van der Waals surface area contributed by atoms with Gasteiger partial charge < -0.3 is 328 Å². The highest BCUT2D eigenvalue weighted by atomic mass is 16.8. The third kappa shape index (κ3) is 26.5. The van der Waals surface area contributed by atoms with Gasteiger partial charge in [-0.2, -0.15) is 0 Å². The molecular weight excluding hydrogens is 2070 g/mol. The summed E-state index contributed by atoms with van der Waals surface area (Å²) in [5.74, 6) is -1.91. The van der Waals surface area contributed by atoms with Gasteiger partial charge in [0.2, 0.25) is 11.8 Å². The minimum absolute atomic E-state index is 0.859. The fourth-order valence-electron chi connectivity index (χ4n) is 19.2. The second kappa shape index (κ2) is 53.8. The van der Waals surface area contributed by atoms with E-state index in [1.54, 1.807) is 0 Å². The first-order valence-electron chi connectivity index (χ1n) is 47.7. The summed E-state index contributed by atoms with van der Waals surface area (Å²) in [7, 11) is 0. The van der Waals surface area contributed by atoms with Crippen LogP contribution < -0.4 is 10.6 Å². The molecule has 68 heteroatoms. The molecule has 0 radical (unpaired) electrons. The fraction of sp³-hybridized carbons (Fsp3) is 0.976. The predicted molar refractivity (Wildman–Crippen MR) is 451 cm³/mol. The highest BCUT2D eigenvalue weighted by Gasteiger charge is 2.64. The molecule has 0 aromatic rings. The summed E-state index contributed by atoms with van der Waals surface area (Å²) in [6.45, 7) is -13.5. The first kappa shape index (κ1) is 123. The van der Waals surface area contributed by atoms with Crippen molar-refractivity contribution in [2.75, 3.05) is 85.9 Å². The van der Waals surface area contributed by atoms with Crippen molar-refractivity contribution in [3.63, 3.8) is 0 Å². The molecule has 0 unspecified atom stereocenters. The smallest absolute Gasteiger partial charge is 0.217 e. The van der Waals surface area contributed by atoms with Crippen LogP contribution in [0.15, 0.2) is 0 Å². The molecule has 0 aromatic heterocycles. The molecule has 872 valence electrons. The van der Waals surface area contributed by atoms with E-state index in [0.717, 1.165) is 13.8 Å². The van der Waals surface area contributed by atoms with Gasteiger partial charge in [-0.05, 0) is 0 Å². The third-order valence-electron chi connectivity index (χ3n) is 28.0. The Balaban J connectivity index is 0.859. The van der Waals surface area contributed by atoms with Crippen molar-refractivity contribution < 1.29 is 327 Å². The van der Waals surface area contributed by atoms with Crippen molar-refractivity contribution in [3.8, 4) is 0 Å². The number of hydrogen-bond acceptors (Lipinski definition) is 66. The molecule has 2 amide bonds. The molecule has 13 fully saturated rings. The van der Waals surface area contributed by atoms with Crippen molar-refractivity contribution in [1.29, 1.82) is 0 Å². The van der Waals surface area contributed by atoms with Gasteiger partial charge in [-0.15, -0.1) is 0 Å². The predicted octanol–water partition coefficient (Wildman–Crippen LogP) is -29.0. The average Bonchev–Trinajstić information content (AvgIpc) is 0.810. The first-order valence-corrected chi connectivity index (χ1v) is 47.7. The Morgan fingerprint density at radius 1 is 0.173 bits per heavy atom. The molecule has 13 rings (SSSR count). The van der Waals surface area contributed by atoms with E-state index in [-0.39, 0.29) is 0 Å². The number of aliphatic hydroxyl groups is 39. The summed E-state index contributed by atoms with van der Waals surface area (Å²) < 4.78 is 147. The minimum atomic E-state index is -2.85. The summed E-state index contributed by atoms with van der Waals surface area (Å²) in [4.78, 5) is 25.6. The number of amides is 2. The molecule has 150 heavy (non-hydrogen) atoms. The van der Waals surface area contributed by atoms with Crippen LogP contribution in [0.4, 0.5) is 0 Å². The zero-order valence-corrected chi connectivity index (χ0v) is 79.2. The maximum absolute atomic E-state index is 13.3. The van der Waals surface area contributed by atoms with Gasteiger partial charge in [-0.1, -0.05) is 0 Å². The van der Waals surface area contributed by atoms with Crippen LogP contribution in [-0.4, -0.2) is 696 Å². The van der Waals surface area contributed by atoms with Gasteiger partial charge in [0.1, 0.15) is 317 Å². The molecule has 13 aliphatic heterocycles. The third-order valence-corrected chi connectivity index (χ3v) is 28.0. The molecule has 65 atom stereocenters. The maximum atomic E-state index is 13.3. The van der Waals surface area contributed by atoms with Crippen molar-refractivity contribution in [2.45, 2.75) is 413 Å². The maximum Gasteiger partial charge on any atom is 0.217 e. The zero-order valence-electron chi connectivity index (χ0n) is 79.2. The van der Waals surface area contributed by atoms with E-state index in [9.17, 15) is 209 Å². The van der Waals surface area contributed by atoms with Crippen molar-refractivity contribution in [3.05, 3.63) is 0 Å². The van der Waals surface area contributed by atoms with Crippen LogP contribution in [0.3, 0.4) is 0 Å². The zero-order chi connectivity index (χ0) is 110. The molecule has 41 N–H and O–H groups in total. The Morgan fingerprint density at radius 2 is 0.367 bits per heavy atom. The van der Waals surface area contributed by atoms with Crippen LogP contribution in [0.2, 0.25) is 0 Å². The molecule has 13 heterocycles. The number of hydrogen-bond donors (Lipinski definition) is 41. The van der Waals surface area contributed by atoms with Crippen LogP contribution in [-0.2, 0) is 128 Å². The second-order valence-electron chi connectivity index (χ2n) is 38.0. The fourth-order valence-corrected chi connectivity index (χ4v) is 19.2. The van der Waals surface area contributed by atoms with Gasteiger partial charge in [0.15, 0.2) is 81.8 Å². The summed E-state index contributed by atoms with van der Waals surface area (Å²) in [6, 6.07) is -3.84. The highest BCUT2D eigenvalue weighted by Crippen LogP contribution is 2.43. The lowest BCUT2D eigenvalue weighted by molar-refractivity contribution is -0.410. The first-order chi connectivity index (χ1) is 71.0. The van der Waals surface area contributed by atoms with Gasteiger partial charge in [0, 0.05) is 13.8 Å². The Bertz CT molecular complexity index is 4070. The molecule has 13 aliphatic rings. The van der Waals surface area contributed by atoms with Crippen LogP contribution in [0.25, 0.3) is 0 Å². The molecule has 68 nitrogen and oxygen atoms in total. The monoisotopic (exact) mass is 2210 g/mol. The standard InChI is InChI=1S/C82H138N2O66/c1-16(94)83-31-44(107)62(25(10-92)130-70(31)125)143-71-32(84-17(2)95)45(108)63(26(11-93)138-71)144-78-61(124)65(43(106)30(141-78)14-127-73-60(123)64(145-74-56(119)46(109)33(96)18(3-85)131-74)42(105)29(140-73)15-129-80-67(52(115)38(101)23(8-90)136-80)148-76-58(121)48(111)35(98)20(5-87)133-76)146-82-69(150-81-68(53(116)39(102)24(9-91)137-81)149-77-59(122)49(112)36(99)21(6-88)134-77)54(117)41(104)28(142-82)12-126-72-55(118)50(113)40(103)27(139-72)13-128-79-66(51(114)37(100)22(7-89)135-79)147-75-57(120)47(110)34(97)19(4-86)132-75/h18-82,85-93,96-125H,3-15H2,1-2H3,(H,83,94)(H,84,95)/t18-,19-,20-,21-,22-,23-,24-,25-,26-,27-,28-,29-,30-,31-,32-,33-,34-,35-,36-,37-,38-,39-,40-,41-,42-,43-,44-,45-,46+,47+,48+,49+,50+,51+,52+,53+,54+,55+,56+,57+,58+,59+,60+,61+,62-,63-,64+,65+,66+,67+,68+,69+,70-,71+,72+,73+,74-,75-,76-,77-,78+,79+,80+,81-,82-/m1/s1. The Labute approximate surface area is 845 Å². The van der Waals surface area contributed by atoms with E-state index in [2.05, 4.69) is 10.6 Å². The number of carbonyl (C=O) groups excluding carboxylic acids is 2. The van der Waals surface area contributed by atoms with E-state index >= 15 is 0 Å². The second-order valence-corrected chi connectivity index (χ2v) is 38.0. The van der Waals surface area contributed by atoms with Gasteiger partial charge >= 0.3 is 0 Å². The topological polar surface area (TPSA) is 1080 Å². The van der Waals surface area contributed by atoms with E-state index < -0.39 is 497 Å². The van der Waals surface area contributed by atoms with Gasteiger partial charge in [0.25, 0.3) is 0 Å². The number of carbonyl (C=O) groups is 2. The van der Waals surface area contributed by atoms with Crippen LogP contribution in [0.1, 0.15) is 13.8 Å². The van der Waals surface area contributed by atoms with Crippen molar-refractivity contribution >= 4 is 11.8 Å². The molecule has 0 aliphatic carbocycles. The average molecular weight is 2210 g/mol. The number of ether oxygens (including phenoxy) is 25. The molecule has 13 saturated heterocycles. The Hall–Kier alpha value is -3.62. The largest absolute Gasteiger partial charge is 0.394 e. The summed E-state index contributed by atoms with van der Waals surface area (Å²) in [5, 5.41) is 442. The van der Waals surface area contributed by atoms with E-state index in [1.807, 2.05) is 0 Å². The number of rotatable bonds is 39. The Kier molecular flexibility index (Phi) is 44.2. The van der Waals surface area contributed by atoms with Crippen LogP contribution in [0.5, 0.6) is 0 Å². The lowest BCUT2D eigenvalue weighted by Crippen LogP contribution is -2.70. The lowest BCUT2D eigenvalue weighted by atomic mass is 9.94. The summed E-state index contributed by atoms with van der Waals surface area (Å²) in [5.41, 5.74) is 0.